The summed E-state index contributed by atoms with van der Waals surface area (Å²) >= 11 is 3.58. The molecule has 1 atom stereocenters. The summed E-state index contributed by atoms with van der Waals surface area (Å²) in [6.07, 6.45) is 2.15. The van der Waals surface area contributed by atoms with Crippen molar-refractivity contribution in [2.75, 3.05) is 45.9 Å². The Kier molecular flexibility index (Phi) is 7.13. The molecule has 0 amide bonds. The molecule has 21 heavy (non-hydrogen) atoms. The lowest BCUT2D eigenvalue weighted by atomic mass is 10.0. The quantitative estimate of drug-likeness (QED) is 0.817. The number of rotatable bonds is 6. The molecule has 0 saturated carbocycles. The fourth-order valence-electron chi connectivity index (χ4n) is 2.87. The molecular formula is C16H26BrN3O. The standard InChI is InChI=1S/C16H26BrN3O/c17-15-5-2-1-4-14(15)16(18)6-9-19-7-3-8-20(11-10-19)12-13-21/h1-2,4-5,16,21H,3,6-13,18H2. The molecule has 0 spiro atoms. The predicted octanol–water partition coefficient (Wildman–Crippen LogP) is 1.84. The molecule has 5 heteroatoms. The highest BCUT2D eigenvalue weighted by Gasteiger charge is 2.16. The van der Waals surface area contributed by atoms with E-state index in [9.17, 15) is 0 Å². The molecule has 1 unspecified atom stereocenters. The third-order valence-corrected chi connectivity index (χ3v) is 4.88. The second-order valence-corrected chi connectivity index (χ2v) is 6.53. The number of nitrogens with zero attached hydrogens (tertiary/aromatic N) is 2. The molecule has 0 radical (unpaired) electrons. The van der Waals surface area contributed by atoms with Crippen LogP contribution < -0.4 is 5.73 Å². The molecule has 1 fully saturated rings. The van der Waals surface area contributed by atoms with Crippen molar-refractivity contribution in [3.05, 3.63) is 34.3 Å². The lowest BCUT2D eigenvalue weighted by molar-refractivity contribution is 0.196. The Labute approximate surface area is 136 Å². The molecule has 1 aliphatic heterocycles. The van der Waals surface area contributed by atoms with Gasteiger partial charge in [0, 0.05) is 30.1 Å². The zero-order valence-corrected chi connectivity index (χ0v) is 14.1. The van der Waals surface area contributed by atoms with Crippen molar-refractivity contribution < 1.29 is 5.11 Å². The number of aliphatic hydroxyl groups excluding tert-OH is 1. The number of β-amino-alcohol motifs (C(OH)–C–C–N with tert-alkyl or cyclic N) is 1. The second-order valence-electron chi connectivity index (χ2n) is 5.68. The zero-order chi connectivity index (χ0) is 15.1. The predicted molar refractivity (Wildman–Crippen MR) is 90.3 cm³/mol. The lowest BCUT2D eigenvalue weighted by Crippen LogP contribution is -2.33. The smallest absolute Gasteiger partial charge is 0.0558 e. The summed E-state index contributed by atoms with van der Waals surface area (Å²) in [6, 6.07) is 8.29. The van der Waals surface area contributed by atoms with Gasteiger partial charge in [-0.3, -0.25) is 4.90 Å². The summed E-state index contributed by atoms with van der Waals surface area (Å²) in [7, 11) is 0. The summed E-state index contributed by atoms with van der Waals surface area (Å²) < 4.78 is 1.10. The first-order valence-corrected chi connectivity index (χ1v) is 8.55. The summed E-state index contributed by atoms with van der Waals surface area (Å²) in [5, 5.41) is 9.03. The fraction of sp³-hybridized carbons (Fsp3) is 0.625. The van der Waals surface area contributed by atoms with Crippen LogP contribution in [0.1, 0.15) is 24.4 Å². The van der Waals surface area contributed by atoms with E-state index < -0.39 is 0 Å². The zero-order valence-electron chi connectivity index (χ0n) is 12.5. The van der Waals surface area contributed by atoms with E-state index in [0.717, 1.165) is 50.2 Å². The Morgan fingerprint density at radius 3 is 2.43 bits per heavy atom. The first-order chi connectivity index (χ1) is 10.2. The molecule has 1 aromatic rings. The maximum absolute atomic E-state index is 9.03. The molecule has 1 heterocycles. The third-order valence-electron chi connectivity index (χ3n) is 4.16. The number of hydrogen-bond donors (Lipinski definition) is 2. The monoisotopic (exact) mass is 355 g/mol. The Hall–Kier alpha value is -0.460. The summed E-state index contributed by atoms with van der Waals surface area (Å²) in [5.41, 5.74) is 7.52. The summed E-state index contributed by atoms with van der Waals surface area (Å²) in [5.74, 6) is 0. The van der Waals surface area contributed by atoms with Gasteiger partial charge in [0.15, 0.2) is 0 Å². The van der Waals surface area contributed by atoms with E-state index in [2.05, 4.69) is 31.8 Å². The highest BCUT2D eigenvalue weighted by Crippen LogP contribution is 2.23. The van der Waals surface area contributed by atoms with Crippen LogP contribution in [0.15, 0.2) is 28.7 Å². The molecule has 1 saturated heterocycles. The van der Waals surface area contributed by atoms with Crippen LogP contribution in [0.5, 0.6) is 0 Å². The normalized spacial score (nSPS) is 19.4. The minimum absolute atomic E-state index is 0.0809. The minimum atomic E-state index is 0.0809. The van der Waals surface area contributed by atoms with Gasteiger partial charge in [0.1, 0.15) is 0 Å². The van der Waals surface area contributed by atoms with Crippen LogP contribution in [-0.2, 0) is 0 Å². The van der Waals surface area contributed by atoms with Crippen LogP contribution >= 0.6 is 15.9 Å². The van der Waals surface area contributed by atoms with Gasteiger partial charge in [-0.25, -0.2) is 0 Å². The van der Waals surface area contributed by atoms with Crippen LogP contribution in [0.3, 0.4) is 0 Å². The van der Waals surface area contributed by atoms with Gasteiger partial charge in [0.25, 0.3) is 0 Å². The molecule has 0 bridgehead atoms. The third kappa shape index (κ3) is 5.34. The first-order valence-electron chi connectivity index (χ1n) is 7.76. The average Bonchev–Trinajstić information content (AvgIpc) is 2.71. The lowest BCUT2D eigenvalue weighted by Gasteiger charge is -2.23. The van der Waals surface area contributed by atoms with Gasteiger partial charge in [-0.15, -0.1) is 0 Å². The molecule has 0 aliphatic carbocycles. The number of nitrogens with two attached hydrogens (primary N) is 1. The second kappa shape index (κ2) is 8.86. The fourth-order valence-corrected chi connectivity index (χ4v) is 3.44. The van der Waals surface area contributed by atoms with Gasteiger partial charge < -0.3 is 15.7 Å². The molecule has 4 nitrogen and oxygen atoms in total. The van der Waals surface area contributed by atoms with E-state index in [1.165, 1.54) is 12.0 Å². The van der Waals surface area contributed by atoms with Gasteiger partial charge in [0.05, 0.1) is 6.61 Å². The van der Waals surface area contributed by atoms with Crippen LogP contribution in [0.4, 0.5) is 0 Å². The van der Waals surface area contributed by atoms with Crippen LogP contribution in [0.25, 0.3) is 0 Å². The molecule has 0 aromatic heterocycles. The SMILES string of the molecule is NC(CCN1CCCN(CCO)CC1)c1ccccc1Br. The number of hydrogen-bond acceptors (Lipinski definition) is 4. The van der Waals surface area contributed by atoms with Crippen molar-refractivity contribution in [1.82, 2.24) is 9.80 Å². The molecule has 118 valence electrons. The number of halogens is 1. The van der Waals surface area contributed by atoms with Gasteiger partial charge in [0.2, 0.25) is 0 Å². The maximum Gasteiger partial charge on any atom is 0.0558 e. The maximum atomic E-state index is 9.03. The van der Waals surface area contributed by atoms with Crippen molar-refractivity contribution in [2.45, 2.75) is 18.9 Å². The first kappa shape index (κ1) is 16.9. The van der Waals surface area contributed by atoms with E-state index in [4.69, 9.17) is 10.8 Å². The van der Waals surface area contributed by atoms with Crippen molar-refractivity contribution in [3.63, 3.8) is 0 Å². The Morgan fingerprint density at radius 2 is 1.76 bits per heavy atom. The van der Waals surface area contributed by atoms with E-state index >= 15 is 0 Å². The molecule has 1 aliphatic rings. The highest BCUT2D eigenvalue weighted by atomic mass is 79.9. The van der Waals surface area contributed by atoms with Crippen LogP contribution in [0, 0.1) is 0 Å². The minimum Gasteiger partial charge on any atom is -0.395 e. The largest absolute Gasteiger partial charge is 0.395 e. The number of aliphatic hydroxyl groups is 1. The van der Waals surface area contributed by atoms with Crippen molar-refractivity contribution >= 4 is 15.9 Å². The Bertz CT molecular complexity index is 430. The van der Waals surface area contributed by atoms with E-state index in [-0.39, 0.29) is 12.6 Å². The van der Waals surface area contributed by atoms with Crippen molar-refractivity contribution in [2.24, 2.45) is 5.73 Å². The molecule has 1 aromatic carbocycles. The topological polar surface area (TPSA) is 52.7 Å². The van der Waals surface area contributed by atoms with Crippen molar-refractivity contribution in [1.29, 1.82) is 0 Å². The molecule has 2 rings (SSSR count). The van der Waals surface area contributed by atoms with Crippen LogP contribution in [-0.4, -0.2) is 60.8 Å². The van der Waals surface area contributed by atoms with E-state index in [1.807, 2.05) is 18.2 Å². The number of benzene rings is 1. The highest BCUT2D eigenvalue weighted by molar-refractivity contribution is 9.10. The summed E-state index contributed by atoms with van der Waals surface area (Å²) in [4.78, 5) is 4.84. The Balaban J connectivity index is 1.79. The molecule has 3 N–H and O–H groups in total. The summed E-state index contributed by atoms with van der Waals surface area (Å²) in [6.45, 7) is 6.43. The average molecular weight is 356 g/mol. The van der Waals surface area contributed by atoms with Gasteiger partial charge in [-0.1, -0.05) is 34.1 Å². The van der Waals surface area contributed by atoms with Crippen molar-refractivity contribution in [3.8, 4) is 0 Å². The van der Waals surface area contributed by atoms with Gasteiger partial charge in [-0.2, -0.15) is 0 Å². The van der Waals surface area contributed by atoms with Gasteiger partial charge >= 0.3 is 0 Å². The molecular weight excluding hydrogens is 330 g/mol. The Morgan fingerprint density at radius 1 is 1.10 bits per heavy atom. The van der Waals surface area contributed by atoms with E-state index in [0.29, 0.717) is 0 Å². The van der Waals surface area contributed by atoms with E-state index in [1.54, 1.807) is 0 Å². The van der Waals surface area contributed by atoms with Crippen LogP contribution in [0.2, 0.25) is 0 Å². The van der Waals surface area contributed by atoms with Gasteiger partial charge in [-0.05, 0) is 44.1 Å².